The average molecular weight is 363 g/mol. The third-order valence-corrected chi connectivity index (χ3v) is 5.40. The molecule has 5 nitrogen and oxygen atoms in total. The summed E-state index contributed by atoms with van der Waals surface area (Å²) < 4.78 is 5.50. The standard InChI is InChI=1S/C22H21NO4/c24-21(25)18-11-5-6-12-20(18)23-22(26)27-13-19-16-9-3-1-7-14(16)15-8-2-4-10-17(15)19/h1-10,18-20H,11-13H2,(H,23,26)(H,24,25)/t18-,20-/m1/s1. The predicted molar refractivity (Wildman–Crippen MR) is 101 cm³/mol. The van der Waals surface area contributed by atoms with Crippen molar-refractivity contribution in [3.8, 4) is 11.1 Å². The van der Waals surface area contributed by atoms with Gasteiger partial charge in [-0.05, 0) is 35.1 Å². The van der Waals surface area contributed by atoms with E-state index in [1.807, 2.05) is 36.4 Å². The lowest BCUT2D eigenvalue weighted by atomic mass is 9.89. The predicted octanol–water partition coefficient (Wildman–Crippen LogP) is 3.94. The molecule has 2 atom stereocenters. The number of benzene rings is 2. The fourth-order valence-corrected chi connectivity index (χ4v) is 4.04. The van der Waals surface area contributed by atoms with E-state index in [-0.39, 0.29) is 12.5 Å². The highest BCUT2D eigenvalue weighted by Gasteiger charge is 2.32. The monoisotopic (exact) mass is 363 g/mol. The fourth-order valence-electron chi connectivity index (χ4n) is 4.04. The van der Waals surface area contributed by atoms with Crippen LogP contribution in [0.5, 0.6) is 0 Å². The molecule has 0 unspecified atom stereocenters. The van der Waals surface area contributed by atoms with Gasteiger partial charge in [-0.1, -0.05) is 60.7 Å². The molecule has 0 heterocycles. The van der Waals surface area contributed by atoms with E-state index in [1.54, 1.807) is 0 Å². The molecule has 2 aromatic carbocycles. The molecule has 0 spiro atoms. The molecule has 0 saturated heterocycles. The van der Waals surface area contributed by atoms with E-state index in [0.29, 0.717) is 12.8 Å². The van der Waals surface area contributed by atoms with E-state index in [4.69, 9.17) is 4.74 Å². The Hall–Kier alpha value is -3.08. The van der Waals surface area contributed by atoms with E-state index in [1.165, 1.54) is 11.1 Å². The molecule has 4 rings (SSSR count). The van der Waals surface area contributed by atoms with Crippen LogP contribution in [0.4, 0.5) is 4.79 Å². The van der Waals surface area contributed by atoms with Crippen molar-refractivity contribution in [2.24, 2.45) is 5.92 Å². The van der Waals surface area contributed by atoms with Crippen LogP contribution in [0, 0.1) is 5.92 Å². The van der Waals surface area contributed by atoms with Crippen molar-refractivity contribution in [3.63, 3.8) is 0 Å². The Morgan fingerprint density at radius 2 is 1.56 bits per heavy atom. The maximum atomic E-state index is 12.3. The van der Waals surface area contributed by atoms with E-state index < -0.39 is 24.0 Å². The molecule has 0 radical (unpaired) electrons. The zero-order chi connectivity index (χ0) is 18.8. The molecule has 0 aliphatic heterocycles. The van der Waals surface area contributed by atoms with Gasteiger partial charge in [-0.25, -0.2) is 4.79 Å². The number of ether oxygens (including phenoxy) is 1. The van der Waals surface area contributed by atoms with Crippen molar-refractivity contribution in [1.82, 2.24) is 5.32 Å². The van der Waals surface area contributed by atoms with Crippen LogP contribution in [0.25, 0.3) is 11.1 Å². The van der Waals surface area contributed by atoms with Gasteiger partial charge in [-0.15, -0.1) is 0 Å². The van der Waals surface area contributed by atoms with Gasteiger partial charge in [0.15, 0.2) is 0 Å². The van der Waals surface area contributed by atoms with Gasteiger partial charge in [0, 0.05) is 12.0 Å². The van der Waals surface area contributed by atoms with Crippen LogP contribution in [-0.2, 0) is 9.53 Å². The molecule has 0 fully saturated rings. The minimum Gasteiger partial charge on any atom is -0.481 e. The third kappa shape index (κ3) is 3.33. The number of carboxylic acid groups (broad SMARTS) is 1. The molecule has 2 aliphatic rings. The van der Waals surface area contributed by atoms with Gasteiger partial charge in [0.25, 0.3) is 0 Å². The van der Waals surface area contributed by atoms with Crippen LogP contribution < -0.4 is 5.32 Å². The zero-order valence-corrected chi connectivity index (χ0v) is 14.8. The highest BCUT2D eigenvalue weighted by molar-refractivity contribution is 5.79. The van der Waals surface area contributed by atoms with Crippen molar-refractivity contribution < 1.29 is 19.4 Å². The summed E-state index contributed by atoms with van der Waals surface area (Å²) in [5.41, 5.74) is 4.64. The maximum absolute atomic E-state index is 12.3. The number of nitrogens with one attached hydrogen (secondary N) is 1. The van der Waals surface area contributed by atoms with E-state index in [9.17, 15) is 14.7 Å². The number of rotatable bonds is 4. The van der Waals surface area contributed by atoms with Gasteiger partial charge in [-0.2, -0.15) is 0 Å². The van der Waals surface area contributed by atoms with Crippen LogP contribution in [0.1, 0.15) is 29.9 Å². The van der Waals surface area contributed by atoms with Gasteiger partial charge in [0.1, 0.15) is 6.61 Å². The van der Waals surface area contributed by atoms with E-state index in [2.05, 4.69) is 29.6 Å². The quantitative estimate of drug-likeness (QED) is 0.807. The first-order chi connectivity index (χ1) is 13.1. The number of amides is 1. The number of allylic oxidation sites excluding steroid dienone is 1. The molecule has 27 heavy (non-hydrogen) atoms. The summed E-state index contributed by atoms with van der Waals surface area (Å²) in [4.78, 5) is 23.7. The molecule has 2 aliphatic carbocycles. The van der Waals surface area contributed by atoms with Gasteiger partial charge < -0.3 is 15.2 Å². The molecular formula is C22H21NO4. The number of hydrogen-bond acceptors (Lipinski definition) is 3. The first-order valence-corrected chi connectivity index (χ1v) is 9.14. The summed E-state index contributed by atoms with van der Waals surface area (Å²) in [7, 11) is 0. The third-order valence-electron chi connectivity index (χ3n) is 5.40. The van der Waals surface area contributed by atoms with Crippen LogP contribution in [0.2, 0.25) is 0 Å². The second-order valence-corrected chi connectivity index (χ2v) is 6.96. The number of hydrogen-bond donors (Lipinski definition) is 2. The van der Waals surface area contributed by atoms with Gasteiger partial charge in [-0.3, -0.25) is 4.79 Å². The van der Waals surface area contributed by atoms with Gasteiger partial charge in [0.05, 0.1) is 5.92 Å². The smallest absolute Gasteiger partial charge is 0.407 e. The molecular weight excluding hydrogens is 342 g/mol. The first-order valence-electron chi connectivity index (χ1n) is 9.14. The summed E-state index contributed by atoms with van der Waals surface area (Å²) in [6, 6.07) is 15.8. The number of carbonyl (C=O) groups excluding carboxylic acids is 1. The second kappa shape index (κ2) is 7.27. The van der Waals surface area contributed by atoms with E-state index >= 15 is 0 Å². The fraction of sp³-hybridized carbons (Fsp3) is 0.273. The average Bonchev–Trinajstić information content (AvgIpc) is 3.00. The number of carboxylic acids is 1. The summed E-state index contributed by atoms with van der Waals surface area (Å²) in [5, 5.41) is 12.0. The van der Waals surface area contributed by atoms with Crippen molar-refractivity contribution in [3.05, 3.63) is 71.8 Å². The highest BCUT2D eigenvalue weighted by atomic mass is 16.5. The lowest BCUT2D eigenvalue weighted by molar-refractivity contribution is -0.142. The lowest BCUT2D eigenvalue weighted by Crippen LogP contribution is -2.44. The Kier molecular flexibility index (Phi) is 4.67. The Morgan fingerprint density at radius 1 is 0.963 bits per heavy atom. The highest BCUT2D eigenvalue weighted by Crippen LogP contribution is 2.44. The minimum atomic E-state index is -0.900. The number of carbonyl (C=O) groups is 2. The summed E-state index contributed by atoms with van der Waals surface area (Å²) >= 11 is 0. The lowest BCUT2D eigenvalue weighted by Gasteiger charge is -2.26. The molecule has 138 valence electrons. The van der Waals surface area contributed by atoms with Crippen LogP contribution in [-0.4, -0.2) is 29.8 Å². The maximum Gasteiger partial charge on any atom is 0.407 e. The van der Waals surface area contributed by atoms with E-state index in [0.717, 1.165) is 11.1 Å². The minimum absolute atomic E-state index is 0.00956. The Labute approximate surface area is 157 Å². The molecule has 5 heteroatoms. The summed E-state index contributed by atoms with van der Waals surface area (Å²) in [6.07, 6.45) is 4.09. The Bertz CT molecular complexity index is 859. The second-order valence-electron chi connectivity index (χ2n) is 6.96. The van der Waals surface area contributed by atoms with Crippen LogP contribution in [0.15, 0.2) is 60.7 Å². The van der Waals surface area contributed by atoms with Gasteiger partial charge >= 0.3 is 12.1 Å². The van der Waals surface area contributed by atoms with Crippen molar-refractivity contribution in [1.29, 1.82) is 0 Å². The number of fused-ring (bicyclic) bond motifs is 3. The zero-order valence-electron chi connectivity index (χ0n) is 14.8. The largest absolute Gasteiger partial charge is 0.481 e. The molecule has 1 amide bonds. The molecule has 0 saturated carbocycles. The summed E-state index contributed by atoms with van der Waals surface area (Å²) in [6.45, 7) is 0.222. The topological polar surface area (TPSA) is 75.6 Å². The number of aliphatic carboxylic acids is 1. The van der Waals surface area contributed by atoms with Gasteiger partial charge in [0.2, 0.25) is 0 Å². The molecule has 2 aromatic rings. The van der Waals surface area contributed by atoms with Crippen LogP contribution in [0.3, 0.4) is 0 Å². The SMILES string of the molecule is O=C(N[C@@H]1CC=CC[C@H]1C(=O)O)OCC1c2ccccc2-c2ccccc21. The molecule has 0 aromatic heterocycles. The Balaban J connectivity index is 1.45. The van der Waals surface area contributed by atoms with Crippen molar-refractivity contribution >= 4 is 12.1 Å². The summed E-state index contributed by atoms with van der Waals surface area (Å²) in [5.74, 6) is -1.52. The first kappa shape index (κ1) is 17.3. The normalized spacial score (nSPS) is 20.6. The number of alkyl carbamates (subject to hydrolysis) is 1. The van der Waals surface area contributed by atoms with Crippen LogP contribution >= 0.6 is 0 Å². The Morgan fingerprint density at radius 3 is 2.19 bits per heavy atom. The van der Waals surface area contributed by atoms with Crippen molar-refractivity contribution in [2.45, 2.75) is 24.8 Å². The van der Waals surface area contributed by atoms with Crippen molar-refractivity contribution in [2.75, 3.05) is 6.61 Å². The molecule has 0 bridgehead atoms. The molecule has 2 N–H and O–H groups in total.